The molecule has 1 saturated carbocycles. The number of rotatable bonds is 2. The van der Waals surface area contributed by atoms with Crippen molar-refractivity contribution in [1.82, 2.24) is 4.98 Å². The Morgan fingerprint density at radius 3 is 2.47 bits per heavy atom. The zero-order chi connectivity index (χ0) is 11.0. The van der Waals surface area contributed by atoms with Crippen LogP contribution in [0.4, 0.5) is 5.13 Å². The first-order valence-electron chi connectivity index (χ1n) is 5.78. The number of aromatic nitrogens is 1. The highest BCUT2D eigenvalue weighted by molar-refractivity contribution is 7.15. The van der Waals surface area contributed by atoms with E-state index >= 15 is 0 Å². The van der Waals surface area contributed by atoms with E-state index < -0.39 is 0 Å². The van der Waals surface area contributed by atoms with Crippen molar-refractivity contribution in [3.8, 4) is 0 Å². The van der Waals surface area contributed by atoms with Crippen LogP contribution in [0.2, 0.25) is 0 Å². The second kappa shape index (κ2) is 4.12. The molecule has 1 heterocycles. The maximum Gasteiger partial charge on any atom is 0.183 e. The van der Waals surface area contributed by atoms with Crippen LogP contribution in [0.3, 0.4) is 0 Å². The predicted molar refractivity (Wildman–Crippen MR) is 66.6 cm³/mol. The van der Waals surface area contributed by atoms with Gasteiger partial charge in [-0.25, -0.2) is 4.98 Å². The number of nitrogens with one attached hydrogen (secondary N) is 1. The highest BCUT2D eigenvalue weighted by Crippen LogP contribution is 2.34. The number of thiazole rings is 1. The first kappa shape index (κ1) is 10.9. The van der Waals surface area contributed by atoms with E-state index in [1.807, 2.05) is 0 Å². The molecule has 0 aromatic carbocycles. The van der Waals surface area contributed by atoms with Crippen LogP contribution >= 0.6 is 11.3 Å². The van der Waals surface area contributed by atoms with Gasteiger partial charge in [0, 0.05) is 10.9 Å². The van der Waals surface area contributed by atoms with Gasteiger partial charge in [0.25, 0.3) is 0 Å². The molecule has 0 bridgehead atoms. The van der Waals surface area contributed by atoms with Gasteiger partial charge in [0.1, 0.15) is 0 Å². The minimum atomic E-state index is 0.630. The topological polar surface area (TPSA) is 24.9 Å². The minimum absolute atomic E-state index is 0.630. The van der Waals surface area contributed by atoms with Gasteiger partial charge in [-0.1, -0.05) is 13.8 Å². The molecule has 1 fully saturated rings. The maximum atomic E-state index is 4.54. The van der Waals surface area contributed by atoms with Gasteiger partial charge in [0.05, 0.1) is 5.69 Å². The van der Waals surface area contributed by atoms with Gasteiger partial charge >= 0.3 is 0 Å². The van der Waals surface area contributed by atoms with E-state index in [1.54, 1.807) is 11.3 Å². The second-order valence-electron chi connectivity index (χ2n) is 4.83. The van der Waals surface area contributed by atoms with E-state index in [9.17, 15) is 0 Å². The number of nitrogens with zero attached hydrogens (tertiary/aromatic N) is 1. The fraction of sp³-hybridized carbons (Fsp3) is 0.750. The molecular formula is C12H20N2S. The summed E-state index contributed by atoms with van der Waals surface area (Å²) in [5.74, 6) is 1.62. The lowest BCUT2D eigenvalue weighted by molar-refractivity contribution is 0.435. The van der Waals surface area contributed by atoms with Crippen LogP contribution in [0.5, 0.6) is 0 Å². The van der Waals surface area contributed by atoms with E-state index in [-0.39, 0.29) is 0 Å². The molecule has 1 N–H and O–H groups in total. The quantitative estimate of drug-likeness (QED) is 0.830. The van der Waals surface area contributed by atoms with E-state index in [1.165, 1.54) is 23.4 Å². The molecule has 15 heavy (non-hydrogen) atoms. The Bertz CT molecular complexity index is 326. The summed E-state index contributed by atoms with van der Waals surface area (Å²) in [4.78, 5) is 5.87. The Balaban J connectivity index is 2.03. The van der Waals surface area contributed by atoms with Crippen molar-refractivity contribution in [3.05, 3.63) is 10.6 Å². The lowest BCUT2D eigenvalue weighted by atomic mass is 9.98. The van der Waals surface area contributed by atoms with Gasteiger partial charge < -0.3 is 5.32 Å². The van der Waals surface area contributed by atoms with Gasteiger partial charge in [-0.2, -0.15) is 0 Å². The van der Waals surface area contributed by atoms with Crippen molar-refractivity contribution in [1.29, 1.82) is 0 Å². The minimum Gasteiger partial charge on any atom is -0.358 e. The summed E-state index contributed by atoms with van der Waals surface area (Å²) in [6, 6.07) is 0.630. The Kier molecular flexibility index (Phi) is 3.01. The van der Waals surface area contributed by atoms with Crippen LogP contribution < -0.4 is 5.32 Å². The fourth-order valence-electron chi connectivity index (χ4n) is 2.26. The first-order chi connectivity index (χ1) is 7.08. The molecular weight excluding hydrogens is 204 g/mol. The molecule has 84 valence electrons. The normalized spacial score (nSPS) is 30.8. The summed E-state index contributed by atoms with van der Waals surface area (Å²) in [6.07, 6.45) is 2.64. The maximum absolute atomic E-state index is 4.54. The van der Waals surface area contributed by atoms with E-state index in [2.05, 4.69) is 38.0 Å². The molecule has 1 aliphatic carbocycles. The lowest BCUT2D eigenvalue weighted by Gasteiger charge is -2.18. The zero-order valence-corrected chi connectivity index (χ0v) is 10.8. The van der Waals surface area contributed by atoms with Crippen molar-refractivity contribution in [2.45, 2.75) is 46.6 Å². The highest BCUT2D eigenvalue weighted by atomic mass is 32.1. The SMILES string of the molecule is Cc1nc(NC2CCC(C)C2C)sc1C. The highest BCUT2D eigenvalue weighted by Gasteiger charge is 2.30. The van der Waals surface area contributed by atoms with Crippen LogP contribution in [-0.4, -0.2) is 11.0 Å². The summed E-state index contributed by atoms with van der Waals surface area (Å²) >= 11 is 1.78. The van der Waals surface area contributed by atoms with E-state index in [0.717, 1.165) is 17.0 Å². The second-order valence-corrected chi connectivity index (χ2v) is 6.03. The summed E-state index contributed by atoms with van der Waals surface area (Å²) in [5, 5.41) is 4.70. The largest absolute Gasteiger partial charge is 0.358 e. The Labute approximate surface area is 96.1 Å². The molecule has 1 aromatic heterocycles. The van der Waals surface area contributed by atoms with Gasteiger partial charge in [-0.15, -0.1) is 11.3 Å². The monoisotopic (exact) mass is 224 g/mol. The molecule has 3 unspecified atom stereocenters. The number of hydrogen-bond donors (Lipinski definition) is 1. The van der Waals surface area contributed by atoms with Gasteiger partial charge in [0.15, 0.2) is 5.13 Å². The van der Waals surface area contributed by atoms with Crippen LogP contribution in [-0.2, 0) is 0 Å². The molecule has 0 radical (unpaired) electrons. The molecule has 1 aliphatic rings. The fourth-order valence-corrected chi connectivity index (χ4v) is 3.14. The zero-order valence-electron chi connectivity index (χ0n) is 10.0. The van der Waals surface area contributed by atoms with Crippen molar-refractivity contribution >= 4 is 16.5 Å². The Morgan fingerprint density at radius 1 is 1.27 bits per heavy atom. The average Bonchev–Trinajstić information content (AvgIpc) is 2.65. The summed E-state index contributed by atoms with van der Waals surface area (Å²) in [7, 11) is 0. The number of aryl methyl sites for hydroxylation is 2. The van der Waals surface area contributed by atoms with E-state index in [0.29, 0.717) is 6.04 Å². The van der Waals surface area contributed by atoms with Crippen LogP contribution in [0.25, 0.3) is 0 Å². The van der Waals surface area contributed by atoms with Crippen molar-refractivity contribution in [2.75, 3.05) is 5.32 Å². The summed E-state index contributed by atoms with van der Waals surface area (Å²) in [6.45, 7) is 8.92. The number of hydrogen-bond acceptors (Lipinski definition) is 3. The molecule has 3 heteroatoms. The van der Waals surface area contributed by atoms with Gasteiger partial charge in [0.2, 0.25) is 0 Å². The van der Waals surface area contributed by atoms with Crippen molar-refractivity contribution in [2.24, 2.45) is 11.8 Å². The standard InChI is InChI=1S/C12H20N2S/c1-7-5-6-11(8(7)2)14-12-13-9(3)10(4)15-12/h7-8,11H,5-6H2,1-4H3,(H,13,14). The number of anilines is 1. The molecule has 3 atom stereocenters. The predicted octanol–water partition coefficient (Wildman–Crippen LogP) is 3.61. The van der Waals surface area contributed by atoms with Crippen LogP contribution in [0, 0.1) is 25.7 Å². The van der Waals surface area contributed by atoms with Crippen LogP contribution in [0.15, 0.2) is 0 Å². The third-order valence-electron chi connectivity index (χ3n) is 3.80. The molecule has 0 saturated heterocycles. The molecule has 1 aromatic rings. The average molecular weight is 224 g/mol. The first-order valence-corrected chi connectivity index (χ1v) is 6.60. The summed E-state index contributed by atoms with van der Waals surface area (Å²) < 4.78 is 0. The lowest BCUT2D eigenvalue weighted by Crippen LogP contribution is -2.23. The van der Waals surface area contributed by atoms with Crippen LogP contribution in [0.1, 0.15) is 37.3 Å². The Hall–Kier alpha value is -0.570. The summed E-state index contributed by atoms with van der Waals surface area (Å²) in [5.41, 5.74) is 1.17. The van der Waals surface area contributed by atoms with Crippen molar-refractivity contribution < 1.29 is 0 Å². The smallest absolute Gasteiger partial charge is 0.183 e. The molecule has 0 aliphatic heterocycles. The molecule has 2 nitrogen and oxygen atoms in total. The molecule has 0 amide bonds. The van der Waals surface area contributed by atoms with Crippen molar-refractivity contribution in [3.63, 3.8) is 0 Å². The molecule has 0 spiro atoms. The van der Waals surface area contributed by atoms with Gasteiger partial charge in [-0.05, 0) is 38.5 Å². The third-order valence-corrected chi connectivity index (χ3v) is 4.81. The molecule has 2 rings (SSSR count). The third kappa shape index (κ3) is 2.17. The van der Waals surface area contributed by atoms with E-state index in [4.69, 9.17) is 0 Å². The Morgan fingerprint density at radius 2 is 2.00 bits per heavy atom. The van der Waals surface area contributed by atoms with Gasteiger partial charge in [-0.3, -0.25) is 0 Å².